The van der Waals surface area contributed by atoms with Gasteiger partial charge in [0.2, 0.25) is 5.91 Å². The molecule has 2 unspecified atom stereocenters. The van der Waals surface area contributed by atoms with E-state index in [-0.39, 0.29) is 29.3 Å². The molecule has 1 aromatic rings. The fraction of sp³-hybridized carbons (Fsp3) is 0.556. The van der Waals surface area contributed by atoms with Gasteiger partial charge < -0.3 is 10.6 Å². The third-order valence-corrected chi connectivity index (χ3v) is 6.43. The lowest BCUT2D eigenvalue weighted by atomic mass is 9.92. The molecule has 7 nitrogen and oxygen atoms in total. The molecule has 150 valence electrons. The Labute approximate surface area is 166 Å². The second-order valence-electron chi connectivity index (χ2n) is 7.04. The van der Waals surface area contributed by atoms with Crippen molar-refractivity contribution in [3.63, 3.8) is 0 Å². The highest BCUT2D eigenvalue weighted by molar-refractivity contribution is 7.90. The molecule has 1 fully saturated rings. The highest BCUT2D eigenvalue weighted by Crippen LogP contribution is 2.22. The summed E-state index contributed by atoms with van der Waals surface area (Å²) in [6.45, 7) is 3.93. The van der Waals surface area contributed by atoms with Gasteiger partial charge in [0.1, 0.15) is 5.84 Å². The molecule has 2 aliphatic heterocycles. The largest absolute Gasteiger partial charge is 0.342 e. The number of sulfonamides is 1. The molecule has 27 heavy (non-hydrogen) atoms. The summed E-state index contributed by atoms with van der Waals surface area (Å²) in [6.07, 6.45) is 3.08. The SMILES string of the molecule is CC(N)C1CCCN(C(=O)CCCN=C2NS(=O)(=O)c3ccccc32)C1.Cl. The molecule has 1 aromatic carbocycles. The number of carbonyl (C=O) groups excluding carboxylic acids is 1. The van der Waals surface area contributed by atoms with E-state index in [9.17, 15) is 13.2 Å². The van der Waals surface area contributed by atoms with E-state index in [1.807, 2.05) is 11.8 Å². The zero-order valence-electron chi connectivity index (χ0n) is 15.4. The number of piperidine rings is 1. The summed E-state index contributed by atoms with van der Waals surface area (Å²) in [5.74, 6) is 0.864. The summed E-state index contributed by atoms with van der Waals surface area (Å²) in [5, 5.41) is 0. The number of halogens is 1. The Morgan fingerprint density at radius 1 is 1.41 bits per heavy atom. The van der Waals surface area contributed by atoms with Crippen molar-refractivity contribution in [2.45, 2.75) is 43.5 Å². The van der Waals surface area contributed by atoms with Gasteiger partial charge in [0.25, 0.3) is 10.0 Å². The topological polar surface area (TPSA) is 105 Å². The number of hydrogen-bond acceptors (Lipinski definition) is 5. The number of rotatable bonds is 5. The van der Waals surface area contributed by atoms with Crippen LogP contribution in [-0.4, -0.2) is 50.7 Å². The van der Waals surface area contributed by atoms with Crippen molar-refractivity contribution >= 4 is 34.2 Å². The number of amidine groups is 1. The van der Waals surface area contributed by atoms with Crippen molar-refractivity contribution in [3.05, 3.63) is 29.8 Å². The molecule has 0 spiro atoms. The van der Waals surface area contributed by atoms with Gasteiger partial charge in [-0.05, 0) is 44.2 Å². The number of fused-ring (bicyclic) bond motifs is 1. The number of likely N-dealkylation sites (tertiary alicyclic amines) is 1. The number of amides is 1. The smallest absolute Gasteiger partial charge is 0.263 e. The van der Waals surface area contributed by atoms with E-state index in [0.29, 0.717) is 36.7 Å². The Bertz CT molecular complexity index is 811. The van der Waals surface area contributed by atoms with Gasteiger partial charge in [-0.2, -0.15) is 0 Å². The molecule has 9 heteroatoms. The fourth-order valence-corrected chi connectivity index (χ4v) is 4.75. The second kappa shape index (κ2) is 9.03. The Morgan fingerprint density at radius 2 is 2.15 bits per heavy atom. The Kier molecular flexibility index (Phi) is 7.25. The van der Waals surface area contributed by atoms with Gasteiger partial charge in [-0.1, -0.05) is 12.1 Å². The summed E-state index contributed by atoms with van der Waals surface area (Å²) < 4.78 is 26.5. The number of nitrogens with zero attached hydrogens (tertiary/aromatic N) is 2. The van der Waals surface area contributed by atoms with E-state index in [4.69, 9.17) is 5.73 Å². The van der Waals surface area contributed by atoms with Gasteiger partial charge in [0.15, 0.2) is 0 Å². The number of nitrogens with one attached hydrogen (secondary N) is 1. The van der Waals surface area contributed by atoms with E-state index in [1.54, 1.807) is 24.3 Å². The van der Waals surface area contributed by atoms with E-state index in [0.717, 1.165) is 25.9 Å². The summed E-state index contributed by atoms with van der Waals surface area (Å²) in [7, 11) is -3.51. The highest BCUT2D eigenvalue weighted by atomic mass is 35.5. The Balaban J connectivity index is 0.00000261. The molecule has 0 bridgehead atoms. The van der Waals surface area contributed by atoms with Crippen molar-refractivity contribution in [1.82, 2.24) is 9.62 Å². The Hall–Kier alpha value is -1.64. The molecule has 0 aliphatic carbocycles. The Morgan fingerprint density at radius 3 is 2.89 bits per heavy atom. The van der Waals surface area contributed by atoms with Crippen LogP contribution in [0, 0.1) is 5.92 Å². The zero-order valence-corrected chi connectivity index (χ0v) is 17.1. The van der Waals surface area contributed by atoms with Crippen LogP contribution in [0.25, 0.3) is 0 Å². The fourth-order valence-electron chi connectivity index (χ4n) is 3.50. The number of benzene rings is 1. The van der Waals surface area contributed by atoms with Gasteiger partial charge in [0.05, 0.1) is 4.90 Å². The molecule has 1 amide bonds. The maximum Gasteiger partial charge on any atom is 0.263 e. The molecule has 0 saturated carbocycles. The molecule has 2 heterocycles. The van der Waals surface area contributed by atoms with E-state index in [2.05, 4.69) is 9.71 Å². The average Bonchev–Trinajstić information content (AvgIpc) is 2.89. The van der Waals surface area contributed by atoms with Crippen molar-refractivity contribution in [2.75, 3.05) is 19.6 Å². The van der Waals surface area contributed by atoms with Gasteiger partial charge in [0, 0.05) is 37.7 Å². The first-order chi connectivity index (χ1) is 12.4. The zero-order chi connectivity index (χ0) is 18.7. The van der Waals surface area contributed by atoms with Crippen LogP contribution in [0.4, 0.5) is 0 Å². The standard InChI is InChI=1S/C18H26N4O3S.ClH/c1-13(19)14-6-5-11-22(12-14)17(23)9-4-10-20-18-15-7-2-3-8-16(15)26(24,25)21-18;/h2-3,7-8,13-14H,4-6,9-12,19H2,1H3,(H,20,21);1H. The van der Waals surface area contributed by atoms with Crippen LogP contribution in [0.3, 0.4) is 0 Å². The van der Waals surface area contributed by atoms with Crippen LogP contribution in [0.2, 0.25) is 0 Å². The summed E-state index contributed by atoms with van der Waals surface area (Å²) >= 11 is 0. The molecule has 0 aromatic heterocycles. The van der Waals surface area contributed by atoms with Crippen molar-refractivity contribution in [3.8, 4) is 0 Å². The van der Waals surface area contributed by atoms with E-state index >= 15 is 0 Å². The van der Waals surface area contributed by atoms with Crippen molar-refractivity contribution in [1.29, 1.82) is 0 Å². The predicted octanol–water partition coefficient (Wildman–Crippen LogP) is 1.51. The minimum absolute atomic E-state index is 0. The van der Waals surface area contributed by atoms with Crippen LogP contribution >= 0.6 is 12.4 Å². The van der Waals surface area contributed by atoms with Crippen molar-refractivity contribution in [2.24, 2.45) is 16.6 Å². The third-order valence-electron chi connectivity index (χ3n) is 5.04. The van der Waals surface area contributed by atoms with Gasteiger partial charge in [-0.3, -0.25) is 14.5 Å². The molecule has 2 aliphatic rings. The first-order valence-corrected chi connectivity index (χ1v) is 10.6. The molecular formula is C18H27ClN4O3S. The highest BCUT2D eigenvalue weighted by Gasteiger charge is 2.30. The minimum atomic E-state index is -3.51. The van der Waals surface area contributed by atoms with Crippen LogP contribution in [-0.2, 0) is 14.8 Å². The predicted molar refractivity (Wildman–Crippen MR) is 108 cm³/mol. The van der Waals surface area contributed by atoms with E-state index in [1.165, 1.54) is 0 Å². The van der Waals surface area contributed by atoms with Gasteiger partial charge >= 0.3 is 0 Å². The molecular weight excluding hydrogens is 388 g/mol. The van der Waals surface area contributed by atoms with Crippen LogP contribution in [0.1, 0.15) is 38.2 Å². The quantitative estimate of drug-likeness (QED) is 0.712. The summed E-state index contributed by atoms with van der Waals surface area (Å²) in [4.78, 5) is 18.9. The van der Waals surface area contributed by atoms with Crippen molar-refractivity contribution < 1.29 is 13.2 Å². The average molecular weight is 415 g/mol. The summed E-state index contributed by atoms with van der Waals surface area (Å²) in [5.41, 5.74) is 6.56. The summed E-state index contributed by atoms with van der Waals surface area (Å²) in [6, 6.07) is 6.87. The molecule has 2 atom stereocenters. The van der Waals surface area contributed by atoms with Gasteiger partial charge in [-0.15, -0.1) is 12.4 Å². The normalized spacial score (nSPS) is 23.3. The second-order valence-corrected chi connectivity index (χ2v) is 8.69. The number of aliphatic imine (C=N–C) groups is 1. The first kappa shape index (κ1) is 21.7. The molecule has 0 radical (unpaired) electrons. The molecule has 1 saturated heterocycles. The van der Waals surface area contributed by atoms with E-state index < -0.39 is 10.0 Å². The lowest BCUT2D eigenvalue weighted by molar-refractivity contribution is -0.133. The number of hydrogen-bond donors (Lipinski definition) is 2. The van der Waals surface area contributed by atoms with Gasteiger partial charge in [-0.25, -0.2) is 8.42 Å². The first-order valence-electron chi connectivity index (χ1n) is 9.08. The maximum absolute atomic E-state index is 12.4. The molecule has 3 rings (SSSR count). The number of nitrogens with two attached hydrogens (primary N) is 1. The maximum atomic E-state index is 12.4. The number of carbonyl (C=O) groups is 1. The molecule has 3 N–H and O–H groups in total. The lowest BCUT2D eigenvalue weighted by Crippen LogP contribution is -2.45. The lowest BCUT2D eigenvalue weighted by Gasteiger charge is -2.34. The third kappa shape index (κ3) is 5.00. The minimum Gasteiger partial charge on any atom is -0.342 e. The monoisotopic (exact) mass is 414 g/mol. The van der Waals surface area contributed by atoms with Crippen LogP contribution in [0.5, 0.6) is 0 Å². The van der Waals surface area contributed by atoms with Crippen LogP contribution < -0.4 is 10.5 Å². The van der Waals surface area contributed by atoms with Crippen LogP contribution in [0.15, 0.2) is 34.2 Å².